The highest BCUT2D eigenvalue weighted by atomic mass is 32.2. The van der Waals surface area contributed by atoms with E-state index in [2.05, 4.69) is 9.62 Å². The number of phenols is 1. The molecule has 0 atom stereocenters. The molecule has 2 rings (SSSR count). The van der Waals surface area contributed by atoms with Crippen LogP contribution in [0.25, 0.3) is 0 Å². The van der Waals surface area contributed by atoms with Crippen LogP contribution < -0.4 is 10.5 Å². The molecular weight excluding hydrogens is 282 g/mol. The van der Waals surface area contributed by atoms with E-state index in [4.69, 9.17) is 10.5 Å². The van der Waals surface area contributed by atoms with E-state index in [0.29, 0.717) is 19.8 Å². The summed E-state index contributed by atoms with van der Waals surface area (Å²) in [5, 5.41) is 9.71. The van der Waals surface area contributed by atoms with Gasteiger partial charge in [-0.2, -0.15) is 0 Å². The highest BCUT2D eigenvalue weighted by Gasteiger charge is 2.20. The fourth-order valence-electron chi connectivity index (χ4n) is 2.00. The normalized spacial score (nSPS) is 17.2. The molecule has 1 fully saturated rings. The number of benzene rings is 1. The SMILES string of the molecule is Nc1cccc(S(=O)(=O)NCCN2CCOCC2)c1O. The first-order valence-corrected chi connectivity index (χ1v) is 7.86. The second-order valence-electron chi connectivity index (χ2n) is 4.55. The zero-order valence-corrected chi connectivity index (χ0v) is 11.9. The number of sulfonamides is 1. The molecule has 1 saturated heterocycles. The van der Waals surface area contributed by atoms with E-state index >= 15 is 0 Å². The lowest BCUT2D eigenvalue weighted by molar-refractivity contribution is 0.0390. The van der Waals surface area contributed by atoms with Crippen molar-refractivity contribution in [1.82, 2.24) is 9.62 Å². The maximum Gasteiger partial charge on any atom is 0.244 e. The summed E-state index contributed by atoms with van der Waals surface area (Å²) in [6.07, 6.45) is 0. The lowest BCUT2D eigenvalue weighted by Gasteiger charge is -2.26. The van der Waals surface area contributed by atoms with Crippen molar-refractivity contribution in [3.05, 3.63) is 18.2 Å². The first-order valence-electron chi connectivity index (χ1n) is 6.38. The quantitative estimate of drug-likeness (QED) is 0.504. The largest absolute Gasteiger partial charge is 0.504 e. The summed E-state index contributed by atoms with van der Waals surface area (Å²) < 4.78 is 31.8. The number of rotatable bonds is 5. The summed E-state index contributed by atoms with van der Waals surface area (Å²) in [6.45, 7) is 3.81. The molecule has 1 aromatic carbocycles. The van der Waals surface area contributed by atoms with E-state index < -0.39 is 15.8 Å². The van der Waals surface area contributed by atoms with Gasteiger partial charge in [0.15, 0.2) is 5.75 Å². The molecule has 0 unspecified atom stereocenters. The van der Waals surface area contributed by atoms with Crippen molar-refractivity contribution in [3.63, 3.8) is 0 Å². The number of morpholine rings is 1. The molecule has 1 aliphatic heterocycles. The number of aromatic hydroxyl groups is 1. The molecule has 4 N–H and O–H groups in total. The topological polar surface area (TPSA) is 105 Å². The Balaban J connectivity index is 1.95. The molecule has 0 spiro atoms. The molecule has 112 valence electrons. The maximum atomic E-state index is 12.1. The Hall–Kier alpha value is -1.35. The van der Waals surface area contributed by atoms with E-state index in [9.17, 15) is 13.5 Å². The van der Waals surface area contributed by atoms with Crippen LogP contribution in [-0.4, -0.2) is 57.8 Å². The fourth-order valence-corrected chi connectivity index (χ4v) is 3.14. The van der Waals surface area contributed by atoms with Crippen LogP contribution in [0.2, 0.25) is 0 Å². The van der Waals surface area contributed by atoms with Crippen molar-refractivity contribution in [1.29, 1.82) is 0 Å². The Bertz CT molecular complexity index is 556. The lowest BCUT2D eigenvalue weighted by Crippen LogP contribution is -2.41. The van der Waals surface area contributed by atoms with Crippen LogP contribution >= 0.6 is 0 Å². The molecule has 8 heteroatoms. The van der Waals surface area contributed by atoms with Crippen LogP contribution in [0.3, 0.4) is 0 Å². The highest BCUT2D eigenvalue weighted by Crippen LogP contribution is 2.28. The van der Waals surface area contributed by atoms with Gasteiger partial charge in [-0.3, -0.25) is 4.90 Å². The van der Waals surface area contributed by atoms with Gasteiger partial charge in [0.1, 0.15) is 4.90 Å². The molecule has 1 heterocycles. The molecule has 0 aliphatic carbocycles. The molecule has 0 radical (unpaired) electrons. The van der Waals surface area contributed by atoms with Crippen LogP contribution in [0.4, 0.5) is 5.69 Å². The molecule has 20 heavy (non-hydrogen) atoms. The predicted octanol–water partition coefficient (Wildman–Crippen LogP) is -0.415. The standard InChI is InChI=1S/C12H19N3O4S/c13-10-2-1-3-11(12(10)16)20(17,18)14-4-5-15-6-8-19-9-7-15/h1-3,14,16H,4-9,13H2. The third kappa shape index (κ3) is 3.60. The summed E-state index contributed by atoms with van der Waals surface area (Å²) in [4.78, 5) is 1.92. The minimum absolute atomic E-state index is 0.0426. The van der Waals surface area contributed by atoms with Gasteiger partial charge in [-0.05, 0) is 12.1 Å². The van der Waals surface area contributed by atoms with Crippen molar-refractivity contribution in [2.75, 3.05) is 45.1 Å². The average Bonchev–Trinajstić information content (AvgIpc) is 2.42. The number of hydrogen-bond acceptors (Lipinski definition) is 6. The number of anilines is 1. The van der Waals surface area contributed by atoms with Gasteiger partial charge in [-0.25, -0.2) is 13.1 Å². The van der Waals surface area contributed by atoms with E-state index in [1.54, 1.807) is 0 Å². The van der Waals surface area contributed by atoms with Crippen LogP contribution in [0.15, 0.2) is 23.1 Å². The van der Waals surface area contributed by atoms with Crippen LogP contribution in [0, 0.1) is 0 Å². The van der Waals surface area contributed by atoms with E-state index in [1.165, 1.54) is 18.2 Å². The van der Waals surface area contributed by atoms with Gasteiger partial charge in [0, 0.05) is 26.2 Å². The highest BCUT2D eigenvalue weighted by molar-refractivity contribution is 7.89. The number of nitrogens with one attached hydrogen (secondary N) is 1. The number of para-hydroxylation sites is 1. The number of nitrogens with two attached hydrogens (primary N) is 1. The Morgan fingerprint density at radius 3 is 2.75 bits per heavy atom. The summed E-state index contributed by atoms with van der Waals surface area (Å²) in [5.41, 5.74) is 5.54. The van der Waals surface area contributed by atoms with E-state index in [1.807, 2.05) is 0 Å². The summed E-state index contributed by atoms with van der Waals surface area (Å²) in [5.74, 6) is -0.411. The predicted molar refractivity (Wildman–Crippen MR) is 75.0 cm³/mol. The van der Waals surface area contributed by atoms with Crippen LogP contribution in [-0.2, 0) is 14.8 Å². The van der Waals surface area contributed by atoms with Gasteiger partial charge in [-0.15, -0.1) is 0 Å². The number of ether oxygens (including phenoxy) is 1. The number of hydrogen-bond donors (Lipinski definition) is 3. The van der Waals surface area contributed by atoms with Crippen LogP contribution in [0.1, 0.15) is 0 Å². The molecule has 1 aliphatic rings. The smallest absolute Gasteiger partial charge is 0.244 e. The van der Waals surface area contributed by atoms with Gasteiger partial charge >= 0.3 is 0 Å². The van der Waals surface area contributed by atoms with Crippen molar-refractivity contribution in [2.24, 2.45) is 0 Å². The molecule has 7 nitrogen and oxygen atoms in total. The van der Waals surface area contributed by atoms with Crippen molar-refractivity contribution < 1.29 is 18.3 Å². The van der Waals surface area contributed by atoms with Gasteiger partial charge in [0.05, 0.1) is 18.9 Å². The second-order valence-corrected chi connectivity index (χ2v) is 6.28. The van der Waals surface area contributed by atoms with E-state index in [0.717, 1.165) is 13.1 Å². The Kier molecular flexibility index (Phi) is 4.81. The number of phenolic OH excluding ortho intramolecular Hbond substituents is 1. The van der Waals surface area contributed by atoms with Crippen molar-refractivity contribution >= 4 is 15.7 Å². The van der Waals surface area contributed by atoms with Crippen molar-refractivity contribution in [2.45, 2.75) is 4.90 Å². The molecule has 1 aromatic rings. The van der Waals surface area contributed by atoms with E-state index in [-0.39, 0.29) is 17.1 Å². The van der Waals surface area contributed by atoms with Gasteiger partial charge in [0.2, 0.25) is 10.0 Å². The Labute approximate surface area is 118 Å². The van der Waals surface area contributed by atoms with Gasteiger partial charge in [0.25, 0.3) is 0 Å². The van der Waals surface area contributed by atoms with Crippen LogP contribution in [0.5, 0.6) is 5.75 Å². The zero-order chi connectivity index (χ0) is 14.6. The fraction of sp³-hybridized carbons (Fsp3) is 0.500. The molecule has 0 saturated carbocycles. The first-order chi connectivity index (χ1) is 9.50. The third-order valence-electron chi connectivity index (χ3n) is 3.14. The minimum atomic E-state index is -3.75. The maximum absolute atomic E-state index is 12.1. The monoisotopic (exact) mass is 301 g/mol. The van der Waals surface area contributed by atoms with Gasteiger partial charge in [-0.1, -0.05) is 6.07 Å². The number of nitrogens with zero attached hydrogens (tertiary/aromatic N) is 1. The lowest BCUT2D eigenvalue weighted by atomic mass is 10.3. The molecule has 0 amide bonds. The third-order valence-corrected chi connectivity index (χ3v) is 4.64. The summed E-state index contributed by atoms with van der Waals surface area (Å²) in [7, 11) is -3.75. The molecule has 0 aromatic heterocycles. The minimum Gasteiger partial charge on any atom is -0.504 e. The summed E-state index contributed by atoms with van der Waals surface area (Å²) in [6, 6.07) is 4.26. The second kappa shape index (κ2) is 6.40. The average molecular weight is 301 g/mol. The van der Waals surface area contributed by atoms with Gasteiger partial charge < -0.3 is 15.6 Å². The Morgan fingerprint density at radius 2 is 2.05 bits per heavy atom. The van der Waals surface area contributed by atoms with Crippen molar-refractivity contribution in [3.8, 4) is 5.75 Å². The summed E-state index contributed by atoms with van der Waals surface area (Å²) >= 11 is 0. The zero-order valence-electron chi connectivity index (χ0n) is 11.1. The molecular formula is C12H19N3O4S. The first kappa shape index (κ1) is 15.0. The number of nitrogen functional groups attached to an aromatic ring is 1. The Morgan fingerprint density at radius 1 is 1.35 bits per heavy atom. The molecule has 0 bridgehead atoms.